The number of esters is 1. The molecule has 2 aliphatic rings. The van der Waals surface area contributed by atoms with Gasteiger partial charge >= 0.3 is 5.97 Å². The molecule has 1 atom stereocenters. The highest BCUT2D eigenvalue weighted by Crippen LogP contribution is 2.27. The molecule has 1 unspecified atom stereocenters. The van der Waals surface area contributed by atoms with Crippen LogP contribution in [0.4, 0.5) is 0 Å². The van der Waals surface area contributed by atoms with Gasteiger partial charge in [0, 0.05) is 24.8 Å². The number of carbonyl (C=O) groups excluding carboxylic acids is 1. The van der Waals surface area contributed by atoms with Crippen LogP contribution in [0.2, 0.25) is 0 Å². The number of thioether (sulfide) groups is 1. The standard InChI is InChI=1S/C15H18NO2S/c17-15-13(8-10-18-15)19-14-7-4-9-16(14)11-12-5-2-1-3-6-12/h1-3,5-6,13H,4,7-11H2/q+1. The zero-order valence-corrected chi connectivity index (χ0v) is 11.7. The molecule has 19 heavy (non-hydrogen) atoms. The first-order valence-corrected chi connectivity index (χ1v) is 7.69. The van der Waals surface area contributed by atoms with Gasteiger partial charge in [-0.2, -0.15) is 0 Å². The summed E-state index contributed by atoms with van der Waals surface area (Å²) in [5.74, 6) is -0.0379. The van der Waals surface area contributed by atoms with Crippen molar-refractivity contribution in [2.45, 2.75) is 31.1 Å². The average molecular weight is 276 g/mol. The first-order chi connectivity index (χ1) is 9.33. The van der Waals surface area contributed by atoms with Crippen molar-refractivity contribution in [2.24, 2.45) is 0 Å². The summed E-state index contributed by atoms with van der Waals surface area (Å²) in [7, 11) is 0. The molecule has 0 aromatic heterocycles. The van der Waals surface area contributed by atoms with Crippen LogP contribution < -0.4 is 0 Å². The third-order valence-corrected chi connectivity index (χ3v) is 5.00. The maximum atomic E-state index is 11.6. The van der Waals surface area contributed by atoms with Crippen LogP contribution in [0.3, 0.4) is 0 Å². The fraction of sp³-hybridized carbons (Fsp3) is 0.467. The van der Waals surface area contributed by atoms with Crippen LogP contribution in [0.25, 0.3) is 0 Å². The van der Waals surface area contributed by atoms with E-state index >= 15 is 0 Å². The van der Waals surface area contributed by atoms with Crippen LogP contribution in [0.15, 0.2) is 30.3 Å². The molecule has 0 N–H and O–H groups in total. The molecular formula is C15H18NO2S+. The maximum Gasteiger partial charge on any atom is 0.319 e. The fourth-order valence-electron chi connectivity index (χ4n) is 2.56. The number of benzene rings is 1. The summed E-state index contributed by atoms with van der Waals surface area (Å²) >= 11 is 1.72. The van der Waals surface area contributed by atoms with E-state index in [2.05, 4.69) is 28.8 Å². The van der Waals surface area contributed by atoms with Crippen molar-refractivity contribution in [1.29, 1.82) is 0 Å². The molecule has 2 heterocycles. The molecule has 1 aromatic rings. The molecule has 100 valence electrons. The Bertz CT molecular complexity index is 498. The highest BCUT2D eigenvalue weighted by Gasteiger charge is 2.33. The van der Waals surface area contributed by atoms with E-state index < -0.39 is 0 Å². The molecule has 0 spiro atoms. The Balaban J connectivity index is 1.71. The lowest BCUT2D eigenvalue weighted by molar-refractivity contribution is -0.533. The Morgan fingerprint density at radius 3 is 2.89 bits per heavy atom. The molecule has 3 nitrogen and oxygen atoms in total. The van der Waals surface area contributed by atoms with Crippen molar-refractivity contribution < 1.29 is 14.1 Å². The van der Waals surface area contributed by atoms with E-state index in [1.54, 1.807) is 11.8 Å². The topological polar surface area (TPSA) is 29.3 Å². The second kappa shape index (κ2) is 5.78. The minimum absolute atomic E-state index is 0.0198. The van der Waals surface area contributed by atoms with E-state index in [9.17, 15) is 4.79 Å². The molecule has 0 aliphatic carbocycles. The number of ether oxygens (including phenoxy) is 1. The van der Waals surface area contributed by atoms with Gasteiger partial charge in [0.05, 0.1) is 6.61 Å². The van der Waals surface area contributed by atoms with Crippen molar-refractivity contribution in [3.05, 3.63) is 35.9 Å². The zero-order valence-electron chi connectivity index (χ0n) is 10.9. The minimum Gasteiger partial charge on any atom is -0.465 e. The molecule has 2 aliphatic heterocycles. The first-order valence-electron chi connectivity index (χ1n) is 6.81. The van der Waals surface area contributed by atoms with Crippen LogP contribution >= 0.6 is 11.8 Å². The number of rotatable bonds is 3. The Morgan fingerprint density at radius 1 is 1.32 bits per heavy atom. The van der Waals surface area contributed by atoms with E-state index in [-0.39, 0.29) is 11.2 Å². The number of cyclic esters (lactones) is 1. The van der Waals surface area contributed by atoms with Gasteiger partial charge in [-0.1, -0.05) is 30.3 Å². The molecular weight excluding hydrogens is 258 g/mol. The molecule has 1 aromatic carbocycles. The molecule has 0 saturated carbocycles. The molecule has 1 saturated heterocycles. The van der Waals surface area contributed by atoms with Gasteiger partial charge in [0.2, 0.25) is 5.04 Å². The van der Waals surface area contributed by atoms with Crippen LogP contribution in [-0.4, -0.2) is 34.0 Å². The maximum absolute atomic E-state index is 11.6. The van der Waals surface area contributed by atoms with Crippen molar-refractivity contribution in [1.82, 2.24) is 0 Å². The molecule has 0 amide bonds. The number of hydrogen-bond acceptors (Lipinski definition) is 3. The summed E-state index contributed by atoms with van der Waals surface area (Å²) in [5, 5.41) is 1.37. The molecule has 3 rings (SSSR count). The van der Waals surface area contributed by atoms with E-state index in [0.717, 1.165) is 25.9 Å². The average Bonchev–Trinajstić information content (AvgIpc) is 3.02. The van der Waals surface area contributed by atoms with Gasteiger partial charge in [-0.3, -0.25) is 4.79 Å². The molecule has 0 radical (unpaired) electrons. The molecule has 4 heteroatoms. The summed E-state index contributed by atoms with van der Waals surface area (Å²) < 4.78 is 7.45. The Labute approximate surface area is 117 Å². The van der Waals surface area contributed by atoms with Gasteiger partial charge in [-0.15, -0.1) is 0 Å². The monoisotopic (exact) mass is 276 g/mol. The zero-order chi connectivity index (χ0) is 13.1. The largest absolute Gasteiger partial charge is 0.465 e. The number of carbonyl (C=O) groups is 1. The lowest BCUT2D eigenvalue weighted by Crippen LogP contribution is -2.18. The summed E-state index contributed by atoms with van der Waals surface area (Å²) in [6, 6.07) is 10.5. The van der Waals surface area contributed by atoms with Gasteiger partial charge < -0.3 is 4.74 Å². The normalized spacial score (nSPS) is 22.9. The molecule has 1 fully saturated rings. The smallest absolute Gasteiger partial charge is 0.319 e. The second-order valence-corrected chi connectivity index (χ2v) is 6.24. The number of nitrogens with zero attached hydrogens (tertiary/aromatic N) is 1. The lowest BCUT2D eigenvalue weighted by Gasteiger charge is -2.05. The van der Waals surface area contributed by atoms with Gasteiger partial charge in [-0.25, -0.2) is 4.58 Å². The second-order valence-electron chi connectivity index (χ2n) is 4.97. The van der Waals surface area contributed by atoms with Crippen LogP contribution in [-0.2, 0) is 16.1 Å². The predicted octanol–water partition coefficient (Wildman–Crippen LogP) is 2.44. The van der Waals surface area contributed by atoms with E-state index in [0.29, 0.717) is 6.61 Å². The Morgan fingerprint density at radius 2 is 2.16 bits per heavy atom. The summed E-state index contributed by atoms with van der Waals surface area (Å²) in [6.45, 7) is 2.63. The van der Waals surface area contributed by atoms with Crippen LogP contribution in [0.1, 0.15) is 24.8 Å². The lowest BCUT2D eigenvalue weighted by atomic mass is 10.2. The van der Waals surface area contributed by atoms with Crippen molar-refractivity contribution >= 4 is 22.8 Å². The molecule has 0 bridgehead atoms. The minimum atomic E-state index is -0.0379. The highest BCUT2D eigenvalue weighted by atomic mass is 32.2. The summed E-state index contributed by atoms with van der Waals surface area (Å²) in [5.41, 5.74) is 1.33. The van der Waals surface area contributed by atoms with E-state index in [4.69, 9.17) is 4.74 Å². The SMILES string of the molecule is O=C1OCCC1SC1=[N+](Cc2ccccc2)CCC1. The van der Waals surface area contributed by atoms with Crippen LogP contribution in [0, 0.1) is 0 Å². The fourth-order valence-corrected chi connectivity index (χ4v) is 3.83. The van der Waals surface area contributed by atoms with Crippen molar-refractivity contribution in [3.63, 3.8) is 0 Å². The van der Waals surface area contributed by atoms with Crippen LogP contribution in [0.5, 0.6) is 0 Å². The highest BCUT2D eigenvalue weighted by molar-refractivity contribution is 8.14. The van der Waals surface area contributed by atoms with E-state index in [1.165, 1.54) is 17.0 Å². The van der Waals surface area contributed by atoms with Gasteiger partial charge in [0.1, 0.15) is 11.8 Å². The first kappa shape index (κ1) is 12.7. The third kappa shape index (κ3) is 3.00. The van der Waals surface area contributed by atoms with Gasteiger partial charge in [-0.05, 0) is 11.8 Å². The number of hydrogen-bond donors (Lipinski definition) is 0. The van der Waals surface area contributed by atoms with Gasteiger partial charge in [0.25, 0.3) is 0 Å². The van der Waals surface area contributed by atoms with Gasteiger partial charge in [0.15, 0.2) is 6.54 Å². The summed E-state index contributed by atoms with van der Waals surface area (Å²) in [4.78, 5) is 11.6. The van der Waals surface area contributed by atoms with E-state index in [1.807, 2.05) is 6.07 Å². The quantitative estimate of drug-likeness (QED) is 0.627. The third-order valence-electron chi connectivity index (χ3n) is 3.55. The van der Waals surface area contributed by atoms with Crippen molar-refractivity contribution in [2.75, 3.05) is 13.2 Å². The predicted molar refractivity (Wildman–Crippen MR) is 76.5 cm³/mol. The van der Waals surface area contributed by atoms with Crippen molar-refractivity contribution in [3.8, 4) is 0 Å². The summed E-state index contributed by atoms with van der Waals surface area (Å²) in [6.07, 6.45) is 3.14. The Hall–Kier alpha value is -1.29. The Kier molecular flexibility index (Phi) is 3.87.